The molecule has 0 rings (SSSR count). The van der Waals surface area contributed by atoms with E-state index in [1.807, 2.05) is 0 Å². The van der Waals surface area contributed by atoms with Crippen LogP contribution in [-0.2, 0) is 3.07 Å². The monoisotopic (exact) mass is 236 g/mol. The normalized spacial score (nSPS) is 10.7. The molecule has 0 saturated carbocycles. The zero-order valence-electron chi connectivity index (χ0n) is 6.18. The van der Waals surface area contributed by atoms with Gasteiger partial charge in [0, 0.05) is 0 Å². The van der Waals surface area contributed by atoms with E-state index in [0.717, 1.165) is 26.2 Å². The Balaban J connectivity index is 3.09. The van der Waals surface area contributed by atoms with E-state index in [-0.39, 0.29) is 0 Å². The first-order valence-corrected chi connectivity index (χ1v) is 4.52. The van der Waals surface area contributed by atoms with Crippen LogP contribution in [0.2, 0.25) is 0 Å². The van der Waals surface area contributed by atoms with Gasteiger partial charge in [-0.2, -0.15) is 0 Å². The first-order valence-electron chi connectivity index (χ1n) is 3.36. The third kappa shape index (κ3) is 5.18. The fraction of sp³-hybridized carbons (Fsp3) is 1.00. The molecular weight excluding hydrogens is 221 g/mol. The van der Waals surface area contributed by atoms with Crippen molar-refractivity contribution in [1.29, 1.82) is 0 Å². The second-order valence-electron chi connectivity index (χ2n) is 1.88. The van der Waals surface area contributed by atoms with Crippen LogP contribution in [0.3, 0.4) is 0 Å². The number of hydrogen-bond donors (Lipinski definition) is 0. The molecule has 0 aromatic rings. The van der Waals surface area contributed by atoms with Gasteiger partial charge in [-0.3, -0.25) is 0 Å². The molecule has 3 radical (unpaired) electrons. The van der Waals surface area contributed by atoms with E-state index in [1.54, 1.807) is 0 Å². The molecule has 0 atom stereocenters. The summed E-state index contributed by atoms with van der Waals surface area (Å²) in [6.45, 7) is 8.59. The maximum atomic E-state index is 5.02. The van der Waals surface area contributed by atoms with Crippen molar-refractivity contribution in [3.8, 4) is 0 Å². The molecule has 0 aliphatic carbocycles. The number of hydrogen-bond acceptors (Lipinski definition) is 2. The molecule has 0 spiro atoms. The average molecular weight is 235 g/mol. The van der Waals surface area contributed by atoms with Gasteiger partial charge in [0.15, 0.2) is 0 Å². The van der Waals surface area contributed by atoms with Crippen molar-refractivity contribution in [1.82, 2.24) is 4.90 Å². The van der Waals surface area contributed by atoms with E-state index >= 15 is 0 Å². The molecule has 0 bridgehead atoms. The Bertz CT molecular complexity index is 57.0. The summed E-state index contributed by atoms with van der Waals surface area (Å²) in [5.74, 6) is 0. The molecule has 0 aliphatic rings. The van der Waals surface area contributed by atoms with Crippen LogP contribution in [0.4, 0.5) is 0 Å². The van der Waals surface area contributed by atoms with Gasteiger partial charge in [0.25, 0.3) is 0 Å². The standard InChI is InChI=1S/C6H14NO.Sn/c1-3-7(4-2)5-6-8;/h3-6H2,1-2H3;/q-1;+1. The van der Waals surface area contributed by atoms with Gasteiger partial charge >= 0.3 is 71.0 Å². The molecule has 0 saturated heterocycles. The van der Waals surface area contributed by atoms with Crippen LogP contribution in [0.15, 0.2) is 0 Å². The van der Waals surface area contributed by atoms with Crippen LogP contribution in [0.1, 0.15) is 13.8 Å². The van der Waals surface area contributed by atoms with Gasteiger partial charge in [-0.1, -0.05) is 0 Å². The predicted molar refractivity (Wildman–Crippen MR) is 39.5 cm³/mol. The Morgan fingerprint density at radius 1 is 1.33 bits per heavy atom. The van der Waals surface area contributed by atoms with Crippen molar-refractivity contribution in [2.24, 2.45) is 0 Å². The van der Waals surface area contributed by atoms with Gasteiger partial charge in [-0.15, -0.1) is 0 Å². The summed E-state index contributed by atoms with van der Waals surface area (Å²) in [5.41, 5.74) is 0. The van der Waals surface area contributed by atoms with Crippen LogP contribution in [0.5, 0.6) is 0 Å². The summed E-state index contributed by atoms with van der Waals surface area (Å²) >= 11 is 1.18. The van der Waals surface area contributed by atoms with Gasteiger partial charge in [0.05, 0.1) is 0 Å². The van der Waals surface area contributed by atoms with Crippen LogP contribution in [0.25, 0.3) is 0 Å². The Morgan fingerprint density at radius 3 is 2.22 bits per heavy atom. The molecule has 53 valence electrons. The van der Waals surface area contributed by atoms with E-state index in [4.69, 9.17) is 3.07 Å². The zero-order chi connectivity index (χ0) is 7.11. The molecule has 0 fully saturated rings. The van der Waals surface area contributed by atoms with Crippen LogP contribution < -0.4 is 0 Å². The summed E-state index contributed by atoms with van der Waals surface area (Å²) < 4.78 is 5.02. The summed E-state index contributed by atoms with van der Waals surface area (Å²) in [7, 11) is 0. The van der Waals surface area contributed by atoms with Crippen LogP contribution in [-0.4, -0.2) is 54.1 Å². The van der Waals surface area contributed by atoms with Gasteiger partial charge in [0.2, 0.25) is 0 Å². The summed E-state index contributed by atoms with van der Waals surface area (Å²) in [6, 6.07) is 0. The Labute approximate surface area is 71.2 Å². The fourth-order valence-electron chi connectivity index (χ4n) is 0.715. The van der Waals surface area contributed by atoms with E-state index < -0.39 is 0 Å². The third-order valence-electron chi connectivity index (χ3n) is 1.40. The van der Waals surface area contributed by atoms with E-state index in [9.17, 15) is 0 Å². The molecule has 0 aromatic carbocycles. The second-order valence-corrected chi connectivity index (χ2v) is 2.70. The minimum atomic E-state index is 0.889. The summed E-state index contributed by atoms with van der Waals surface area (Å²) in [5, 5.41) is 0. The first kappa shape index (κ1) is 9.72. The second kappa shape index (κ2) is 6.83. The third-order valence-corrected chi connectivity index (χ3v) is 1.99. The zero-order valence-corrected chi connectivity index (χ0v) is 9.04. The molecule has 0 aromatic heterocycles. The van der Waals surface area contributed by atoms with Crippen molar-refractivity contribution in [3.05, 3.63) is 0 Å². The van der Waals surface area contributed by atoms with E-state index in [1.165, 1.54) is 22.9 Å². The van der Waals surface area contributed by atoms with Gasteiger partial charge in [-0.05, 0) is 0 Å². The fourth-order valence-corrected chi connectivity index (χ4v) is 0.975. The van der Waals surface area contributed by atoms with Crippen LogP contribution >= 0.6 is 0 Å². The topological polar surface area (TPSA) is 12.5 Å². The summed E-state index contributed by atoms with van der Waals surface area (Å²) in [6.07, 6.45) is 0. The van der Waals surface area contributed by atoms with Gasteiger partial charge < -0.3 is 0 Å². The average Bonchev–Trinajstić information content (AvgIpc) is 1.91. The minimum absolute atomic E-state index is 0.889. The Morgan fingerprint density at radius 2 is 1.89 bits per heavy atom. The Hall–Kier alpha value is 0.719. The molecule has 2 nitrogen and oxygen atoms in total. The van der Waals surface area contributed by atoms with Crippen molar-refractivity contribution in [3.63, 3.8) is 0 Å². The molecule has 0 N–H and O–H groups in total. The Kier molecular flexibility index (Phi) is 7.38. The molecule has 0 amide bonds. The van der Waals surface area contributed by atoms with Gasteiger partial charge in [-0.25, -0.2) is 0 Å². The van der Waals surface area contributed by atoms with Gasteiger partial charge in [0.1, 0.15) is 0 Å². The summed E-state index contributed by atoms with van der Waals surface area (Å²) in [4.78, 5) is 2.35. The van der Waals surface area contributed by atoms with Crippen molar-refractivity contribution in [2.75, 3.05) is 26.2 Å². The van der Waals surface area contributed by atoms with Crippen molar-refractivity contribution in [2.45, 2.75) is 13.8 Å². The number of likely N-dealkylation sites (N-methyl/N-ethyl adjacent to an activating group) is 1. The quantitative estimate of drug-likeness (QED) is 0.640. The van der Waals surface area contributed by atoms with Crippen molar-refractivity contribution < 1.29 is 3.07 Å². The number of nitrogens with zero attached hydrogens (tertiary/aromatic N) is 1. The molecule has 0 heterocycles. The first-order chi connectivity index (χ1) is 4.35. The SMILES string of the molecule is CCN(CC)CC[O][Sn]. The van der Waals surface area contributed by atoms with E-state index in [0.29, 0.717) is 0 Å². The molecule has 0 unspecified atom stereocenters. The molecular formula is C6H14NOSn. The molecule has 0 aliphatic heterocycles. The van der Waals surface area contributed by atoms with Crippen molar-refractivity contribution >= 4 is 22.9 Å². The van der Waals surface area contributed by atoms with Crippen LogP contribution in [0, 0.1) is 0 Å². The predicted octanol–water partition coefficient (Wildman–Crippen LogP) is 0.428. The number of rotatable bonds is 5. The van der Waals surface area contributed by atoms with E-state index in [2.05, 4.69) is 18.7 Å². The maximum absolute atomic E-state index is 5.02. The molecule has 9 heavy (non-hydrogen) atoms. The molecule has 3 heteroatoms.